The summed E-state index contributed by atoms with van der Waals surface area (Å²) < 4.78 is 26.8. The first-order valence-electron chi connectivity index (χ1n) is 5.50. The third-order valence-corrected chi connectivity index (χ3v) is 3.39. The third-order valence-electron chi connectivity index (χ3n) is 2.36. The monoisotopic (exact) mass is 271 g/mol. The van der Waals surface area contributed by atoms with Crippen molar-refractivity contribution in [2.75, 3.05) is 24.3 Å². The molecule has 6 heteroatoms. The summed E-state index contributed by atoms with van der Waals surface area (Å²) in [6.45, 7) is 1.86. The van der Waals surface area contributed by atoms with Gasteiger partial charge >= 0.3 is 5.97 Å². The largest absolute Gasteiger partial charge is 0.462 e. The lowest BCUT2D eigenvalue weighted by Crippen LogP contribution is -2.11. The molecule has 0 aliphatic rings. The normalized spacial score (nSPS) is 11.2. The number of carbonyl (C=O) groups is 1. The van der Waals surface area contributed by atoms with Crippen LogP contribution in [-0.4, -0.2) is 33.0 Å². The van der Waals surface area contributed by atoms with Crippen LogP contribution < -0.4 is 5.73 Å². The van der Waals surface area contributed by atoms with Gasteiger partial charge in [-0.05, 0) is 37.1 Å². The van der Waals surface area contributed by atoms with Crippen LogP contribution in [0.15, 0.2) is 18.2 Å². The molecule has 0 saturated heterocycles. The molecular weight excluding hydrogens is 254 g/mol. The van der Waals surface area contributed by atoms with E-state index < -0.39 is 15.8 Å². The van der Waals surface area contributed by atoms with Gasteiger partial charge in [-0.1, -0.05) is 0 Å². The summed E-state index contributed by atoms with van der Waals surface area (Å²) in [6, 6.07) is 4.91. The van der Waals surface area contributed by atoms with Crippen LogP contribution in [-0.2, 0) is 14.6 Å². The predicted molar refractivity (Wildman–Crippen MR) is 70.2 cm³/mol. The average Bonchev–Trinajstić information content (AvgIpc) is 2.22. The van der Waals surface area contributed by atoms with E-state index in [-0.39, 0.29) is 12.4 Å². The average molecular weight is 271 g/mol. The molecule has 0 aliphatic heterocycles. The lowest BCUT2D eigenvalue weighted by molar-refractivity contribution is 0.0505. The van der Waals surface area contributed by atoms with Gasteiger partial charge in [-0.2, -0.15) is 0 Å². The summed E-state index contributed by atoms with van der Waals surface area (Å²) in [6.07, 6.45) is 1.46. The van der Waals surface area contributed by atoms with Gasteiger partial charge in [-0.15, -0.1) is 0 Å². The molecule has 0 amide bonds. The van der Waals surface area contributed by atoms with E-state index in [0.29, 0.717) is 17.7 Å². The van der Waals surface area contributed by atoms with Gasteiger partial charge in [-0.3, -0.25) is 0 Å². The molecule has 0 atom stereocenters. The number of rotatable bonds is 5. The van der Waals surface area contributed by atoms with Crippen molar-refractivity contribution in [1.82, 2.24) is 0 Å². The Hall–Kier alpha value is -1.56. The zero-order chi connectivity index (χ0) is 13.8. The van der Waals surface area contributed by atoms with Gasteiger partial charge in [0.05, 0.1) is 17.9 Å². The Kier molecular flexibility index (Phi) is 4.72. The van der Waals surface area contributed by atoms with Crippen molar-refractivity contribution >= 4 is 21.5 Å². The van der Waals surface area contributed by atoms with Crippen molar-refractivity contribution < 1.29 is 17.9 Å². The quantitative estimate of drug-likeness (QED) is 0.493. The van der Waals surface area contributed by atoms with Crippen LogP contribution in [0.1, 0.15) is 22.3 Å². The minimum absolute atomic E-state index is 0.0149. The minimum atomic E-state index is -3.01. The molecule has 0 aliphatic carbocycles. The Morgan fingerprint density at radius 1 is 1.39 bits per heavy atom. The van der Waals surface area contributed by atoms with Crippen molar-refractivity contribution in [2.24, 2.45) is 0 Å². The van der Waals surface area contributed by atoms with Gasteiger partial charge in [0.2, 0.25) is 0 Å². The molecule has 1 rings (SSSR count). The van der Waals surface area contributed by atoms with Gasteiger partial charge in [0.15, 0.2) is 0 Å². The number of carbonyl (C=O) groups excluding carboxylic acids is 1. The van der Waals surface area contributed by atoms with E-state index in [0.717, 1.165) is 11.8 Å². The number of nitrogens with two attached hydrogens (primary N) is 1. The van der Waals surface area contributed by atoms with Gasteiger partial charge in [-0.25, -0.2) is 13.2 Å². The Morgan fingerprint density at radius 2 is 2.06 bits per heavy atom. The maximum atomic E-state index is 11.7. The summed E-state index contributed by atoms with van der Waals surface area (Å²) in [5, 5.41) is 0. The summed E-state index contributed by atoms with van der Waals surface area (Å²) in [7, 11) is -3.01. The minimum Gasteiger partial charge on any atom is -0.462 e. The number of esters is 1. The molecule has 0 saturated carbocycles. The zero-order valence-electron chi connectivity index (χ0n) is 10.5. The lowest BCUT2D eigenvalue weighted by Gasteiger charge is -2.07. The van der Waals surface area contributed by atoms with E-state index in [1.165, 1.54) is 0 Å². The first kappa shape index (κ1) is 14.5. The van der Waals surface area contributed by atoms with Crippen LogP contribution in [0.2, 0.25) is 0 Å². The van der Waals surface area contributed by atoms with Gasteiger partial charge in [0.25, 0.3) is 0 Å². The first-order chi connectivity index (χ1) is 8.29. The smallest absolute Gasteiger partial charge is 0.338 e. The molecule has 2 N–H and O–H groups in total. The Bertz CT molecular complexity index is 537. The van der Waals surface area contributed by atoms with Crippen molar-refractivity contribution in [3.05, 3.63) is 29.3 Å². The second-order valence-electron chi connectivity index (χ2n) is 4.19. The highest BCUT2D eigenvalue weighted by atomic mass is 32.2. The molecule has 0 fully saturated rings. The van der Waals surface area contributed by atoms with E-state index in [4.69, 9.17) is 10.5 Å². The number of aryl methyl sites for hydroxylation is 1. The topological polar surface area (TPSA) is 86.5 Å². The highest BCUT2D eigenvalue weighted by Gasteiger charge is 2.11. The number of hydrogen-bond acceptors (Lipinski definition) is 5. The number of ether oxygens (including phenoxy) is 1. The Balaban J connectivity index is 2.51. The van der Waals surface area contributed by atoms with Crippen LogP contribution >= 0.6 is 0 Å². The third kappa shape index (κ3) is 4.75. The number of sulfone groups is 1. The van der Waals surface area contributed by atoms with Gasteiger partial charge in [0.1, 0.15) is 9.84 Å². The fourth-order valence-corrected chi connectivity index (χ4v) is 2.12. The molecule has 0 aromatic heterocycles. The van der Waals surface area contributed by atoms with Crippen molar-refractivity contribution in [3.63, 3.8) is 0 Å². The predicted octanol–water partition coefficient (Wildman–Crippen LogP) is 1.17. The summed E-state index contributed by atoms with van der Waals surface area (Å²) >= 11 is 0. The van der Waals surface area contributed by atoms with Gasteiger partial charge in [0, 0.05) is 11.9 Å². The molecule has 0 spiro atoms. The van der Waals surface area contributed by atoms with E-state index in [1.807, 2.05) is 0 Å². The SMILES string of the molecule is Cc1cc(N)ccc1C(=O)OCCCS(C)(=O)=O. The Morgan fingerprint density at radius 3 is 2.61 bits per heavy atom. The number of anilines is 1. The lowest BCUT2D eigenvalue weighted by atomic mass is 10.1. The zero-order valence-corrected chi connectivity index (χ0v) is 11.3. The van der Waals surface area contributed by atoms with Crippen LogP contribution in [0, 0.1) is 6.92 Å². The van der Waals surface area contributed by atoms with E-state index in [1.54, 1.807) is 25.1 Å². The van der Waals surface area contributed by atoms with Crippen LogP contribution in [0.5, 0.6) is 0 Å². The standard InChI is InChI=1S/C12H17NO4S/c1-9-8-10(13)4-5-11(9)12(14)17-6-3-7-18(2,15)16/h4-5,8H,3,6-7,13H2,1-2H3. The summed E-state index contributed by atoms with van der Waals surface area (Å²) in [4.78, 5) is 11.7. The summed E-state index contributed by atoms with van der Waals surface area (Å²) in [5.74, 6) is -0.443. The molecule has 1 aromatic carbocycles. The maximum Gasteiger partial charge on any atom is 0.338 e. The van der Waals surface area contributed by atoms with Gasteiger partial charge < -0.3 is 10.5 Å². The number of nitrogen functional groups attached to an aromatic ring is 1. The Labute approximate surface area is 107 Å². The first-order valence-corrected chi connectivity index (χ1v) is 7.56. The number of hydrogen-bond donors (Lipinski definition) is 1. The fraction of sp³-hybridized carbons (Fsp3) is 0.417. The maximum absolute atomic E-state index is 11.7. The van der Waals surface area contributed by atoms with Crippen molar-refractivity contribution in [2.45, 2.75) is 13.3 Å². The van der Waals surface area contributed by atoms with E-state index >= 15 is 0 Å². The molecule has 5 nitrogen and oxygen atoms in total. The highest BCUT2D eigenvalue weighted by Crippen LogP contribution is 2.13. The molecule has 18 heavy (non-hydrogen) atoms. The molecule has 0 heterocycles. The number of benzene rings is 1. The molecule has 0 unspecified atom stereocenters. The van der Waals surface area contributed by atoms with Crippen LogP contribution in [0.4, 0.5) is 5.69 Å². The van der Waals surface area contributed by atoms with E-state index in [2.05, 4.69) is 0 Å². The van der Waals surface area contributed by atoms with Crippen molar-refractivity contribution in [1.29, 1.82) is 0 Å². The molecule has 1 aromatic rings. The molecule has 0 radical (unpaired) electrons. The summed E-state index contributed by atoms with van der Waals surface area (Å²) in [5.41, 5.74) is 7.35. The second-order valence-corrected chi connectivity index (χ2v) is 6.45. The van der Waals surface area contributed by atoms with Crippen LogP contribution in [0.3, 0.4) is 0 Å². The molecule has 0 bridgehead atoms. The molecular formula is C12H17NO4S. The molecule has 100 valence electrons. The second kappa shape index (κ2) is 5.86. The van der Waals surface area contributed by atoms with Crippen molar-refractivity contribution in [3.8, 4) is 0 Å². The van der Waals surface area contributed by atoms with Crippen LogP contribution in [0.25, 0.3) is 0 Å². The fourth-order valence-electron chi connectivity index (χ4n) is 1.48. The highest BCUT2D eigenvalue weighted by molar-refractivity contribution is 7.90. The van der Waals surface area contributed by atoms with E-state index in [9.17, 15) is 13.2 Å².